The molecule has 0 bridgehead atoms. The Bertz CT molecular complexity index is 398. The fourth-order valence-electron chi connectivity index (χ4n) is 1.40. The third-order valence-electron chi connectivity index (χ3n) is 2.50. The second-order valence-electron chi connectivity index (χ2n) is 3.73. The minimum atomic E-state index is -1.12. The SMILES string of the molecule is CSC(C)CCNc1c(F)cccc1C(=O)O. The van der Waals surface area contributed by atoms with Crippen molar-refractivity contribution >= 4 is 23.4 Å². The Morgan fingerprint density at radius 2 is 2.29 bits per heavy atom. The summed E-state index contributed by atoms with van der Waals surface area (Å²) in [6, 6.07) is 4.05. The summed E-state index contributed by atoms with van der Waals surface area (Å²) in [5.41, 5.74) is 0.0510. The highest BCUT2D eigenvalue weighted by molar-refractivity contribution is 7.99. The average molecular weight is 257 g/mol. The largest absolute Gasteiger partial charge is 0.478 e. The van der Waals surface area contributed by atoms with Crippen LogP contribution in [0.1, 0.15) is 23.7 Å². The molecule has 0 saturated carbocycles. The van der Waals surface area contributed by atoms with Crippen LogP contribution in [0.4, 0.5) is 10.1 Å². The molecule has 0 aromatic heterocycles. The molecule has 3 nitrogen and oxygen atoms in total. The molecule has 0 fully saturated rings. The molecule has 0 heterocycles. The van der Waals surface area contributed by atoms with E-state index in [4.69, 9.17) is 5.11 Å². The number of nitrogens with one attached hydrogen (secondary N) is 1. The van der Waals surface area contributed by atoms with E-state index in [9.17, 15) is 9.18 Å². The van der Waals surface area contributed by atoms with Crippen LogP contribution in [-0.2, 0) is 0 Å². The van der Waals surface area contributed by atoms with Crippen molar-refractivity contribution in [2.75, 3.05) is 18.1 Å². The zero-order valence-electron chi connectivity index (χ0n) is 9.87. The van der Waals surface area contributed by atoms with Gasteiger partial charge in [-0.2, -0.15) is 11.8 Å². The van der Waals surface area contributed by atoms with E-state index in [0.29, 0.717) is 11.8 Å². The fraction of sp³-hybridized carbons (Fsp3) is 0.417. The maximum absolute atomic E-state index is 13.5. The van der Waals surface area contributed by atoms with Gasteiger partial charge in [-0.25, -0.2) is 9.18 Å². The predicted octanol–water partition coefficient (Wildman–Crippen LogP) is 3.08. The number of para-hydroxylation sites is 1. The van der Waals surface area contributed by atoms with Crippen LogP contribution >= 0.6 is 11.8 Å². The Balaban J connectivity index is 2.72. The second-order valence-corrected chi connectivity index (χ2v) is 5.01. The van der Waals surface area contributed by atoms with Gasteiger partial charge >= 0.3 is 5.97 Å². The standard InChI is InChI=1S/C12H16FNO2S/c1-8(17-2)6-7-14-11-9(12(15)16)4-3-5-10(11)13/h3-5,8,14H,6-7H2,1-2H3,(H,15,16). The molecule has 1 atom stereocenters. The summed E-state index contributed by atoms with van der Waals surface area (Å²) in [6.45, 7) is 2.63. The summed E-state index contributed by atoms with van der Waals surface area (Å²) in [4.78, 5) is 10.9. The molecule has 1 aromatic carbocycles. The lowest BCUT2D eigenvalue weighted by molar-refractivity contribution is 0.0697. The maximum atomic E-state index is 13.5. The number of carbonyl (C=O) groups is 1. The van der Waals surface area contributed by atoms with E-state index in [1.807, 2.05) is 6.26 Å². The van der Waals surface area contributed by atoms with Gasteiger partial charge in [0.15, 0.2) is 0 Å². The average Bonchev–Trinajstić information content (AvgIpc) is 2.30. The summed E-state index contributed by atoms with van der Waals surface area (Å²) >= 11 is 1.72. The molecule has 0 aliphatic carbocycles. The van der Waals surface area contributed by atoms with E-state index < -0.39 is 11.8 Å². The Labute approximate surface area is 104 Å². The number of thioether (sulfide) groups is 1. The molecule has 1 aromatic rings. The number of benzene rings is 1. The highest BCUT2D eigenvalue weighted by Gasteiger charge is 2.13. The van der Waals surface area contributed by atoms with Crippen LogP contribution in [0.15, 0.2) is 18.2 Å². The Morgan fingerprint density at radius 1 is 1.59 bits per heavy atom. The molecular weight excluding hydrogens is 241 g/mol. The number of carboxylic acids is 1. The van der Waals surface area contributed by atoms with E-state index in [0.717, 1.165) is 6.42 Å². The van der Waals surface area contributed by atoms with Gasteiger partial charge in [-0.3, -0.25) is 0 Å². The molecule has 1 rings (SSSR count). The quantitative estimate of drug-likeness (QED) is 0.822. The van der Waals surface area contributed by atoms with Gasteiger partial charge in [-0.05, 0) is 24.8 Å². The van der Waals surface area contributed by atoms with Crippen LogP contribution in [0.25, 0.3) is 0 Å². The molecule has 0 spiro atoms. The third-order valence-corrected chi connectivity index (χ3v) is 3.54. The lowest BCUT2D eigenvalue weighted by atomic mass is 10.1. The molecule has 0 amide bonds. The second kappa shape index (κ2) is 6.49. The highest BCUT2D eigenvalue weighted by Crippen LogP contribution is 2.20. The number of hydrogen-bond donors (Lipinski definition) is 2. The maximum Gasteiger partial charge on any atom is 0.337 e. The van der Waals surface area contributed by atoms with Crippen LogP contribution in [-0.4, -0.2) is 29.1 Å². The lowest BCUT2D eigenvalue weighted by Gasteiger charge is -2.12. The van der Waals surface area contributed by atoms with Crippen molar-refractivity contribution in [2.24, 2.45) is 0 Å². The number of rotatable bonds is 6. The van der Waals surface area contributed by atoms with Crippen LogP contribution in [0, 0.1) is 5.82 Å². The zero-order chi connectivity index (χ0) is 12.8. The first-order valence-electron chi connectivity index (χ1n) is 5.34. The molecule has 1 unspecified atom stereocenters. The summed E-state index contributed by atoms with van der Waals surface area (Å²) in [7, 11) is 0. The first kappa shape index (κ1) is 13.8. The monoisotopic (exact) mass is 257 g/mol. The molecule has 17 heavy (non-hydrogen) atoms. The Kier molecular flexibility index (Phi) is 5.28. The molecular formula is C12H16FNO2S. The first-order valence-corrected chi connectivity index (χ1v) is 6.63. The van der Waals surface area contributed by atoms with Gasteiger partial charge in [0.05, 0.1) is 11.3 Å². The van der Waals surface area contributed by atoms with E-state index in [-0.39, 0.29) is 11.3 Å². The van der Waals surface area contributed by atoms with Crippen molar-refractivity contribution in [2.45, 2.75) is 18.6 Å². The molecule has 0 radical (unpaired) electrons. The molecule has 0 aliphatic heterocycles. The van der Waals surface area contributed by atoms with E-state index in [1.54, 1.807) is 11.8 Å². The summed E-state index contributed by atoms with van der Waals surface area (Å²) < 4.78 is 13.5. The third kappa shape index (κ3) is 3.93. The van der Waals surface area contributed by atoms with Gasteiger partial charge < -0.3 is 10.4 Å². The van der Waals surface area contributed by atoms with Gasteiger partial charge in [0.1, 0.15) is 5.82 Å². The van der Waals surface area contributed by atoms with E-state index in [2.05, 4.69) is 12.2 Å². The number of carboxylic acid groups (broad SMARTS) is 1. The fourth-order valence-corrected chi connectivity index (χ4v) is 1.75. The van der Waals surface area contributed by atoms with Crippen LogP contribution in [0.2, 0.25) is 0 Å². The van der Waals surface area contributed by atoms with Gasteiger partial charge in [0, 0.05) is 11.8 Å². The first-order chi connectivity index (χ1) is 8.06. The van der Waals surface area contributed by atoms with Crippen molar-refractivity contribution in [1.82, 2.24) is 0 Å². The molecule has 94 valence electrons. The molecule has 0 aliphatic rings. The Hall–Kier alpha value is -1.23. The van der Waals surface area contributed by atoms with Gasteiger partial charge in [0.25, 0.3) is 0 Å². The minimum absolute atomic E-state index is 0.0261. The van der Waals surface area contributed by atoms with Crippen molar-refractivity contribution in [3.8, 4) is 0 Å². The van der Waals surface area contributed by atoms with Crippen LogP contribution < -0.4 is 5.32 Å². The van der Waals surface area contributed by atoms with Crippen LogP contribution in [0.5, 0.6) is 0 Å². The van der Waals surface area contributed by atoms with Crippen molar-refractivity contribution in [1.29, 1.82) is 0 Å². The Morgan fingerprint density at radius 3 is 2.88 bits per heavy atom. The van der Waals surface area contributed by atoms with Gasteiger partial charge in [-0.15, -0.1) is 0 Å². The minimum Gasteiger partial charge on any atom is -0.478 e. The summed E-state index contributed by atoms with van der Waals surface area (Å²) in [6.07, 6.45) is 2.87. The summed E-state index contributed by atoms with van der Waals surface area (Å²) in [5, 5.41) is 12.3. The van der Waals surface area contributed by atoms with Crippen molar-refractivity contribution in [3.63, 3.8) is 0 Å². The topological polar surface area (TPSA) is 49.3 Å². The zero-order valence-corrected chi connectivity index (χ0v) is 10.7. The summed E-state index contributed by atoms with van der Waals surface area (Å²) in [5.74, 6) is -1.65. The van der Waals surface area contributed by atoms with Crippen LogP contribution in [0.3, 0.4) is 0 Å². The molecule has 5 heteroatoms. The lowest BCUT2D eigenvalue weighted by Crippen LogP contribution is -2.12. The molecule has 2 N–H and O–H groups in total. The smallest absolute Gasteiger partial charge is 0.337 e. The van der Waals surface area contributed by atoms with Crippen molar-refractivity contribution < 1.29 is 14.3 Å². The van der Waals surface area contributed by atoms with E-state index >= 15 is 0 Å². The predicted molar refractivity (Wildman–Crippen MR) is 69.4 cm³/mol. The van der Waals surface area contributed by atoms with Gasteiger partial charge in [0.2, 0.25) is 0 Å². The number of hydrogen-bond acceptors (Lipinski definition) is 3. The van der Waals surface area contributed by atoms with Crippen molar-refractivity contribution in [3.05, 3.63) is 29.6 Å². The highest BCUT2D eigenvalue weighted by atomic mass is 32.2. The number of halogens is 1. The number of aromatic carboxylic acids is 1. The normalized spacial score (nSPS) is 12.2. The number of anilines is 1. The van der Waals surface area contributed by atoms with Gasteiger partial charge in [-0.1, -0.05) is 13.0 Å². The molecule has 0 saturated heterocycles. The van der Waals surface area contributed by atoms with E-state index in [1.165, 1.54) is 18.2 Å².